The van der Waals surface area contributed by atoms with Crippen LogP contribution in [-0.4, -0.2) is 45.1 Å². The van der Waals surface area contributed by atoms with Crippen molar-refractivity contribution < 1.29 is 14.2 Å². The topological polar surface area (TPSA) is 50.5 Å². The molecule has 0 unspecified atom stereocenters. The van der Waals surface area contributed by atoms with E-state index in [1.54, 1.807) is 12.1 Å². The average molecular weight is 333 g/mol. The van der Waals surface area contributed by atoms with Gasteiger partial charge in [0.15, 0.2) is 0 Å². The lowest BCUT2D eigenvalue weighted by molar-refractivity contribution is 0.00336. The third kappa shape index (κ3) is 4.33. The minimum absolute atomic E-state index is 0.213. The van der Waals surface area contributed by atoms with Gasteiger partial charge in [-0.15, -0.1) is 0 Å². The quantitative estimate of drug-likeness (QED) is 0.846. The number of aryl methyl sites for hydroxylation is 1. The SMILES string of the molecule is CCCn1cc(CN2CC[C@@](O)(COc3ccc(F)cc3)C2)cn1. The van der Waals surface area contributed by atoms with Crippen LogP contribution in [0.2, 0.25) is 0 Å². The summed E-state index contributed by atoms with van der Waals surface area (Å²) in [5.74, 6) is 0.279. The van der Waals surface area contributed by atoms with Crippen LogP contribution in [0.4, 0.5) is 4.39 Å². The molecule has 1 atom stereocenters. The summed E-state index contributed by atoms with van der Waals surface area (Å²) in [4.78, 5) is 2.21. The van der Waals surface area contributed by atoms with E-state index in [2.05, 4.69) is 23.1 Å². The molecule has 1 aromatic carbocycles. The first-order valence-electron chi connectivity index (χ1n) is 8.41. The molecule has 0 spiro atoms. The van der Waals surface area contributed by atoms with E-state index in [1.807, 2.05) is 10.9 Å². The maximum Gasteiger partial charge on any atom is 0.123 e. The number of aromatic nitrogens is 2. The first-order valence-corrected chi connectivity index (χ1v) is 8.41. The second-order valence-electron chi connectivity index (χ2n) is 6.54. The predicted molar refractivity (Wildman–Crippen MR) is 89.3 cm³/mol. The molecular formula is C18H24FN3O2. The zero-order valence-electron chi connectivity index (χ0n) is 14.0. The van der Waals surface area contributed by atoms with Gasteiger partial charge in [0.05, 0.1) is 6.20 Å². The van der Waals surface area contributed by atoms with Gasteiger partial charge in [0, 0.05) is 37.9 Å². The van der Waals surface area contributed by atoms with Gasteiger partial charge in [0.1, 0.15) is 23.8 Å². The summed E-state index contributed by atoms with van der Waals surface area (Å²) in [6.07, 6.45) is 5.68. The molecule has 0 amide bonds. The van der Waals surface area contributed by atoms with Gasteiger partial charge in [-0.25, -0.2) is 4.39 Å². The van der Waals surface area contributed by atoms with Gasteiger partial charge in [-0.05, 0) is 37.1 Å². The Balaban J connectivity index is 1.50. The van der Waals surface area contributed by atoms with Crippen molar-refractivity contribution in [1.82, 2.24) is 14.7 Å². The second kappa shape index (κ2) is 7.32. The predicted octanol–water partition coefficient (Wildman–Crippen LogP) is 2.45. The van der Waals surface area contributed by atoms with Crippen molar-refractivity contribution in [3.05, 3.63) is 48.0 Å². The molecule has 0 bridgehead atoms. The van der Waals surface area contributed by atoms with Gasteiger partial charge in [0.2, 0.25) is 0 Å². The molecule has 3 rings (SSSR count). The maximum absolute atomic E-state index is 12.9. The zero-order valence-corrected chi connectivity index (χ0v) is 14.0. The molecule has 1 fully saturated rings. The summed E-state index contributed by atoms with van der Waals surface area (Å²) in [6, 6.07) is 5.86. The van der Waals surface area contributed by atoms with Gasteiger partial charge >= 0.3 is 0 Å². The lowest BCUT2D eigenvalue weighted by Crippen LogP contribution is -2.39. The van der Waals surface area contributed by atoms with Crippen molar-refractivity contribution in [3.8, 4) is 5.75 Å². The molecule has 5 nitrogen and oxygen atoms in total. The minimum atomic E-state index is -0.867. The van der Waals surface area contributed by atoms with Crippen LogP contribution in [0.25, 0.3) is 0 Å². The Morgan fingerprint density at radius 1 is 1.33 bits per heavy atom. The molecule has 6 heteroatoms. The summed E-state index contributed by atoms with van der Waals surface area (Å²) < 4.78 is 20.5. The highest BCUT2D eigenvalue weighted by Crippen LogP contribution is 2.24. The molecule has 0 saturated carbocycles. The summed E-state index contributed by atoms with van der Waals surface area (Å²) in [6.45, 7) is 5.43. The van der Waals surface area contributed by atoms with E-state index in [1.165, 1.54) is 12.1 Å². The number of β-amino-alcohol motifs (C(OH)–C–C–N with tert-alkyl or cyclic N) is 1. The average Bonchev–Trinajstić information content (AvgIpc) is 3.15. The third-order valence-corrected chi connectivity index (χ3v) is 4.28. The molecule has 2 heterocycles. The standard InChI is InChI=1S/C18H24FN3O2/c1-2-8-22-12-15(10-20-22)11-21-9-7-18(23,13-21)14-24-17-5-3-16(19)4-6-17/h3-6,10,12,23H,2,7-9,11,13-14H2,1H3/t18-/m0/s1. The van der Waals surface area contributed by atoms with Crippen LogP contribution in [0.1, 0.15) is 25.3 Å². The molecule has 2 aromatic rings. The van der Waals surface area contributed by atoms with Gasteiger partial charge in [0.25, 0.3) is 0 Å². The van der Waals surface area contributed by atoms with E-state index in [4.69, 9.17) is 4.74 Å². The first kappa shape index (κ1) is 16.9. The van der Waals surface area contributed by atoms with Crippen LogP contribution in [0.3, 0.4) is 0 Å². The highest BCUT2D eigenvalue weighted by molar-refractivity contribution is 5.22. The molecule has 0 radical (unpaired) electrons. The van der Waals surface area contributed by atoms with Crippen LogP contribution in [0.15, 0.2) is 36.7 Å². The summed E-state index contributed by atoms with van der Waals surface area (Å²) in [5, 5.41) is 15.0. The fourth-order valence-corrected chi connectivity index (χ4v) is 3.04. The monoisotopic (exact) mass is 333 g/mol. The molecule has 0 aliphatic carbocycles. The number of aliphatic hydroxyl groups is 1. The van der Waals surface area contributed by atoms with E-state index < -0.39 is 5.60 Å². The number of benzene rings is 1. The van der Waals surface area contributed by atoms with Gasteiger partial charge in [-0.2, -0.15) is 5.10 Å². The molecule has 130 valence electrons. The lowest BCUT2D eigenvalue weighted by Gasteiger charge is -2.23. The number of halogens is 1. The van der Waals surface area contributed by atoms with E-state index in [0.717, 1.165) is 31.6 Å². The number of rotatable bonds is 7. The van der Waals surface area contributed by atoms with Crippen LogP contribution in [0, 0.1) is 5.82 Å². The lowest BCUT2D eigenvalue weighted by atomic mass is 10.1. The van der Waals surface area contributed by atoms with E-state index in [-0.39, 0.29) is 12.4 Å². The normalized spacial score (nSPS) is 21.3. The van der Waals surface area contributed by atoms with Crippen molar-refractivity contribution in [2.24, 2.45) is 0 Å². The summed E-state index contributed by atoms with van der Waals surface area (Å²) in [7, 11) is 0. The largest absolute Gasteiger partial charge is 0.491 e. The van der Waals surface area contributed by atoms with Crippen molar-refractivity contribution in [2.45, 2.75) is 38.5 Å². The van der Waals surface area contributed by atoms with Crippen LogP contribution >= 0.6 is 0 Å². The Labute approximate surface area is 141 Å². The smallest absolute Gasteiger partial charge is 0.123 e. The molecule has 1 saturated heterocycles. The fraction of sp³-hybridized carbons (Fsp3) is 0.500. The zero-order chi connectivity index (χ0) is 17.0. The summed E-state index contributed by atoms with van der Waals surface area (Å²) in [5.41, 5.74) is 0.292. The van der Waals surface area contributed by atoms with Crippen molar-refractivity contribution in [2.75, 3.05) is 19.7 Å². The van der Waals surface area contributed by atoms with Crippen molar-refractivity contribution in [3.63, 3.8) is 0 Å². The molecular weight excluding hydrogens is 309 g/mol. The van der Waals surface area contributed by atoms with E-state index in [9.17, 15) is 9.50 Å². The maximum atomic E-state index is 12.9. The van der Waals surface area contributed by atoms with Crippen LogP contribution in [0.5, 0.6) is 5.75 Å². The first-order chi connectivity index (χ1) is 11.6. The Hall–Kier alpha value is -1.92. The number of nitrogens with zero attached hydrogens (tertiary/aromatic N) is 3. The van der Waals surface area contributed by atoms with Gasteiger partial charge < -0.3 is 9.84 Å². The van der Waals surface area contributed by atoms with Gasteiger partial charge in [-0.3, -0.25) is 9.58 Å². The number of hydrogen-bond donors (Lipinski definition) is 1. The molecule has 24 heavy (non-hydrogen) atoms. The number of likely N-dealkylation sites (tertiary alicyclic amines) is 1. The molecule has 1 aliphatic heterocycles. The highest BCUT2D eigenvalue weighted by Gasteiger charge is 2.36. The molecule has 1 aliphatic rings. The summed E-state index contributed by atoms with van der Waals surface area (Å²) >= 11 is 0. The molecule has 1 N–H and O–H groups in total. The van der Waals surface area contributed by atoms with Gasteiger partial charge in [-0.1, -0.05) is 6.92 Å². The highest BCUT2D eigenvalue weighted by atomic mass is 19.1. The minimum Gasteiger partial charge on any atom is -0.491 e. The Morgan fingerprint density at radius 2 is 2.12 bits per heavy atom. The van der Waals surface area contributed by atoms with E-state index >= 15 is 0 Å². The Morgan fingerprint density at radius 3 is 2.88 bits per heavy atom. The molecule has 1 aromatic heterocycles. The number of ether oxygens (including phenoxy) is 1. The van der Waals surface area contributed by atoms with E-state index in [0.29, 0.717) is 18.7 Å². The Kier molecular flexibility index (Phi) is 5.16. The van der Waals surface area contributed by atoms with Crippen molar-refractivity contribution >= 4 is 0 Å². The van der Waals surface area contributed by atoms with Crippen LogP contribution in [-0.2, 0) is 13.1 Å². The van der Waals surface area contributed by atoms with Crippen molar-refractivity contribution in [1.29, 1.82) is 0 Å². The number of hydrogen-bond acceptors (Lipinski definition) is 4. The second-order valence-corrected chi connectivity index (χ2v) is 6.54. The fourth-order valence-electron chi connectivity index (χ4n) is 3.04. The third-order valence-electron chi connectivity index (χ3n) is 4.28. The Bertz CT molecular complexity index is 659. The van der Waals surface area contributed by atoms with Crippen LogP contribution < -0.4 is 4.74 Å².